The van der Waals surface area contributed by atoms with Crippen molar-refractivity contribution in [2.45, 2.75) is 51.2 Å². The number of fused-ring (bicyclic) bond motifs is 1. The number of nitrogens with one attached hydrogen (secondary N) is 1. The van der Waals surface area contributed by atoms with E-state index in [1.807, 2.05) is 36.1 Å². The smallest absolute Gasteiger partial charge is 0.264 e. The molecular formula is C24H23FN2O2S. The summed E-state index contributed by atoms with van der Waals surface area (Å²) >= 11 is 1.43. The molecule has 4 nitrogen and oxygen atoms in total. The minimum atomic E-state index is -0.285. The zero-order chi connectivity index (χ0) is 20.8. The Morgan fingerprint density at radius 3 is 2.50 bits per heavy atom. The molecule has 2 aliphatic carbocycles. The highest BCUT2D eigenvalue weighted by Gasteiger charge is 2.34. The zero-order valence-electron chi connectivity index (χ0n) is 16.8. The molecule has 0 saturated heterocycles. The highest BCUT2D eigenvalue weighted by Crippen LogP contribution is 2.36. The predicted octanol–water partition coefficient (Wildman–Crippen LogP) is 5.05. The fourth-order valence-electron chi connectivity index (χ4n) is 3.74. The van der Waals surface area contributed by atoms with Crippen LogP contribution in [0, 0.1) is 12.7 Å². The lowest BCUT2D eigenvalue weighted by atomic mass is 10.1. The molecule has 154 valence electrons. The monoisotopic (exact) mass is 422 g/mol. The molecule has 0 atom stereocenters. The van der Waals surface area contributed by atoms with Crippen LogP contribution in [0.4, 0.5) is 4.39 Å². The fourth-order valence-corrected chi connectivity index (χ4v) is 4.88. The number of benzene rings is 2. The average Bonchev–Trinajstić information content (AvgIpc) is 3.66. The van der Waals surface area contributed by atoms with Crippen LogP contribution in [-0.4, -0.2) is 28.8 Å². The number of hydrogen-bond acceptors (Lipinski definition) is 3. The second kappa shape index (κ2) is 7.51. The average molecular weight is 423 g/mol. The van der Waals surface area contributed by atoms with Crippen LogP contribution in [0.25, 0.3) is 10.1 Å². The van der Waals surface area contributed by atoms with Crippen molar-refractivity contribution >= 4 is 33.2 Å². The zero-order valence-corrected chi connectivity index (χ0v) is 17.6. The van der Waals surface area contributed by atoms with Gasteiger partial charge in [-0.15, -0.1) is 11.3 Å². The van der Waals surface area contributed by atoms with Crippen LogP contribution >= 0.6 is 11.3 Å². The first-order chi connectivity index (χ1) is 14.5. The third kappa shape index (κ3) is 3.84. The lowest BCUT2D eigenvalue weighted by Gasteiger charge is -2.22. The van der Waals surface area contributed by atoms with Crippen LogP contribution in [0.3, 0.4) is 0 Å². The van der Waals surface area contributed by atoms with Crippen molar-refractivity contribution in [3.8, 4) is 0 Å². The molecule has 0 bridgehead atoms. The fraction of sp³-hybridized carbons (Fsp3) is 0.333. The molecule has 0 spiro atoms. The molecule has 1 N–H and O–H groups in total. The molecule has 2 aromatic carbocycles. The summed E-state index contributed by atoms with van der Waals surface area (Å²) in [5.41, 5.74) is 2.50. The molecule has 2 saturated carbocycles. The van der Waals surface area contributed by atoms with Gasteiger partial charge in [0.25, 0.3) is 11.8 Å². The van der Waals surface area contributed by atoms with Gasteiger partial charge in [-0.1, -0.05) is 12.1 Å². The molecule has 5 rings (SSSR count). The van der Waals surface area contributed by atoms with Gasteiger partial charge in [-0.3, -0.25) is 9.59 Å². The molecule has 6 heteroatoms. The van der Waals surface area contributed by atoms with Crippen LogP contribution in [0.1, 0.15) is 56.8 Å². The van der Waals surface area contributed by atoms with E-state index in [4.69, 9.17) is 0 Å². The molecule has 30 heavy (non-hydrogen) atoms. The number of carbonyl (C=O) groups excluding carboxylic acids is 2. The van der Waals surface area contributed by atoms with Gasteiger partial charge in [0, 0.05) is 28.9 Å². The summed E-state index contributed by atoms with van der Waals surface area (Å²) < 4.78 is 14.6. The minimum absolute atomic E-state index is 0.00663. The lowest BCUT2D eigenvalue weighted by molar-refractivity contribution is 0.0734. The number of halogens is 1. The summed E-state index contributed by atoms with van der Waals surface area (Å²) in [7, 11) is 0. The highest BCUT2D eigenvalue weighted by atomic mass is 32.1. The third-order valence-corrected chi connectivity index (χ3v) is 7.08. The first-order valence-corrected chi connectivity index (χ1v) is 11.2. The van der Waals surface area contributed by atoms with Gasteiger partial charge < -0.3 is 10.2 Å². The van der Waals surface area contributed by atoms with Crippen molar-refractivity contribution < 1.29 is 14.0 Å². The van der Waals surface area contributed by atoms with Crippen molar-refractivity contribution in [2.75, 3.05) is 0 Å². The maximum Gasteiger partial charge on any atom is 0.264 e. The number of amides is 2. The Hall–Kier alpha value is -2.73. The van der Waals surface area contributed by atoms with Crippen LogP contribution in [0.2, 0.25) is 0 Å². The van der Waals surface area contributed by atoms with Gasteiger partial charge >= 0.3 is 0 Å². The molecule has 2 amide bonds. The normalized spacial score (nSPS) is 15.9. The third-order valence-electron chi connectivity index (χ3n) is 5.82. The molecule has 0 unspecified atom stereocenters. The highest BCUT2D eigenvalue weighted by molar-refractivity contribution is 7.21. The van der Waals surface area contributed by atoms with Crippen molar-refractivity contribution in [1.82, 2.24) is 10.2 Å². The number of thiophene rings is 1. The van der Waals surface area contributed by atoms with E-state index in [9.17, 15) is 14.0 Å². The molecule has 2 aliphatic rings. The largest absolute Gasteiger partial charge is 0.349 e. The van der Waals surface area contributed by atoms with Gasteiger partial charge in [-0.05, 0) is 79.5 Å². The first kappa shape index (κ1) is 19.2. The van der Waals surface area contributed by atoms with Crippen molar-refractivity contribution in [3.63, 3.8) is 0 Å². The molecule has 1 heterocycles. The van der Waals surface area contributed by atoms with Crippen molar-refractivity contribution in [3.05, 3.63) is 69.8 Å². The van der Waals surface area contributed by atoms with Gasteiger partial charge in [0.1, 0.15) is 5.82 Å². The van der Waals surface area contributed by atoms with E-state index in [0.29, 0.717) is 23.0 Å². The summed E-state index contributed by atoms with van der Waals surface area (Å²) in [6.07, 6.45) is 4.14. The standard InChI is InChI=1S/C24H23FN2O2S/c1-14-20-12-17(25)6-11-21(20)30-22(14)24(29)27(19-9-10-19)13-15-2-4-16(5-3-15)23(28)26-18-7-8-18/h2-6,11-12,18-19H,7-10,13H2,1H3,(H,26,28). The first-order valence-electron chi connectivity index (χ1n) is 10.4. The number of hydrogen-bond donors (Lipinski definition) is 1. The van der Waals surface area contributed by atoms with Crippen molar-refractivity contribution in [2.24, 2.45) is 0 Å². The van der Waals surface area contributed by atoms with E-state index in [0.717, 1.165) is 46.9 Å². The summed E-state index contributed by atoms with van der Waals surface area (Å²) in [4.78, 5) is 28.2. The Morgan fingerprint density at radius 1 is 1.10 bits per heavy atom. The second-order valence-electron chi connectivity index (χ2n) is 8.31. The number of rotatable bonds is 6. The van der Waals surface area contributed by atoms with Gasteiger partial charge in [0.05, 0.1) is 4.88 Å². The van der Waals surface area contributed by atoms with E-state index in [1.54, 1.807) is 6.07 Å². The SMILES string of the molecule is Cc1c(C(=O)N(Cc2ccc(C(=O)NC3CC3)cc2)C2CC2)sc2ccc(F)cc12. The summed E-state index contributed by atoms with van der Waals surface area (Å²) in [6, 6.07) is 12.8. The van der Waals surface area contributed by atoms with Gasteiger partial charge in [-0.25, -0.2) is 4.39 Å². The van der Waals surface area contributed by atoms with E-state index in [1.165, 1.54) is 23.5 Å². The molecule has 1 aromatic heterocycles. The van der Waals surface area contributed by atoms with E-state index >= 15 is 0 Å². The molecular weight excluding hydrogens is 399 g/mol. The predicted molar refractivity (Wildman–Crippen MR) is 116 cm³/mol. The Labute approximate surface area is 178 Å². The van der Waals surface area contributed by atoms with Gasteiger partial charge in [0.2, 0.25) is 0 Å². The Morgan fingerprint density at radius 2 is 1.83 bits per heavy atom. The number of aryl methyl sites for hydroxylation is 1. The van der Waals surface area contributed by atoms with E-state index in [-0.39, 0.29) is 23.7 Å². The molecule has 0 aliphatic heterocycles. The minimum Gasteiger partial charge on any atom is -0.349 e. The summed E-state index contributed by atoms with van der Waals surface area (Å²) in [5.74, 6) is -0.313. The van der Waals surface area contributed by atoms with Gasteiger partial charge in [-0.2, -0.15) is 0 Å². The van der Waals surface area contributed by atoms with E-state index < -0.39 is 0 Å². The molecule has 2 fully saturated rings. The van der Waals surface area contributed by atoms with Crippen LogP contribution in [0.15, 0.2) is 42.5 Å². The summed E-state index contributed by atoms with van der Waals surface area (Å²) in [6.45, 7) is 2.40. The maximum absolute atomic E-state index is 13.7. The quantitative estimate of drug-likeness (QED) is 0.605. The molecule has 0 radical (unpaired) electrons. The topological polar surface area (TPSA) is 49.4 Å². The van der Waals surface area contributed by atoms with Gasteiger partial charge in [0.15, 0.2) is 0 Å². The lowest BCUT2D eigenvalue weighted by Crippen LogP contribution is -2.32. The number of carbonyl (C=O) groups is 2. The van der Waals surface area contributed by atoms with Crippen LogP contribution < -0.4 is 5.32 Å². The Balaban J connectivity index is 1.36. The van der Waals surface area contributed by atoms with Crippen molar-refractivity contribution in [1.29, 1.82) is 0 Å². The summed E-state index contributed by atoms with van der Waals surface area (Å²) in [5, 5.41) is 3.80. The maximum atomic E-state index is 13.7. The number of nitrogens with zero attached hydrogens (tertiary/aromatic N) is 1. The van der Waals surface area contributed by atoms with Crippen LogP contribution in [0.5, 0.6) is 0 Å². The van der Waals surface area contributed by atoms with Crippen LogP contribution in [-0.2, 0) is 6.54 Å². The Bertz CT molecular complexity index is 1130. The van der Waals surface area contributed by atoms with E-state index in [2.05, 4.69) is 5.32 Å². The second-order valence-corrected chi connectivity index (χ2v) is 9.36. The Kier molecular flexibility index (Phi) is 4.82. The molecule has 3 aromatic rings.